The molecule has 1 aromatic carbocycles. The minimum Gasteiger partial charge on any atom is -0.454 e. The number of rotatable bonds is 7. The van der Waals surface area contributed by atoms with Crippen molar-refractivity contribution < 1.29 is 27.1 Å². The molecule has 2 aromatic rings. The second-order valence-corrected chi connectivity index (χ2v) is 8.02. The molecule has 0 saturated heterocycles. The largest absolute Gasteiger partial charge is 0.454 e. The first-order chi connectivity index (χ1) is 11.8. The lowest BCUT2D eigenvalue weighted by molar-refractivity contribution is 0.0471. The Morgan fingerprint density at radius 2 is 1.96 bits per heavy atom. The Morgan fingerprint density at radius 1 is 1.24 bits per heavy atom. The Bertz CT molecular complexity index is 905. The first kappa shape index (κ1) is 19.2. The van der Waals surface area contributed by atoms with E-state index < -0.39 is 39.8 Å². The molecule has 1 aromatic heterocycles. The van der Waals surface area contributed by atoms with Crippen molar-refractivity contribution in [1.82, 2.24) is 4.72 Å². The van der Waals surface area contributed by atoms with Crippen LogP contribution >= 0.6 is 11.3 Å². The molecule has 1 N–H and O–H groups in total. The van der Waals surface area contributed by atoms with Crippen molar-refractivity contribution in [2.75, 3.05) is 13.7 Å². The van der Waals surface area contributed by atoms with Gasteiger partial charge in [-0.15, -0.1) is 11.3 Å². The molecule has 134 valence electrons. The molecule has 2 rings (SSSR count). The zero-order valence-electron chi connectivity index (χ0n) is 13.5. The van der Waals surface area contributed by atoms with E-state index in [-0.39, 0.29) is 4.90 Å². The van der Waals surface area contributed by atoms with E-state index in [1.54, 1.807) is 6.07 Å². The summed E-state index contributed by atoms with van der Waals surface area (Å²) in [7, 11) is -2.64. The van der Waals surface area contributed by atoms with Gasteiger partial charge in [0.2, 0.25) is 15.8 Å². The van der Waals surface area contributed by atoms with Crippen molar-refractivity contribution in [1.29, 1.82) is 0 Å². The van der Waals surface area contributed by atoms with Gasteiger partial charge in [0.05, 0.1) is 15.3 Å². The number of carbonyl (C=O) groups excluding carboxylic acids is 2. The summed E-state index contributed by atoms with van der Waals surface area (Å²) in [6.07, 6.45) is 0.787. The Morgan fingerprint density at radius 3 is 2.56 bits per heavy atom. The Balaban J connectivity index is 2.12. The summed E-state index contributed by atoms with van der Waals surface area (Å²) in [5.41, 5.74) is -0.551. The molecule has 25 heavy (non-hydrogen) atoms. The number of carbonyl (C=O) groups is 2. The van der Waals surface area contributed by atoms with Gasteiger partial charge in [0, 0.05) is 4.88 Å². The van der Waals surface area contributed by atoms with Gasteiger partial charge in [-0.3, -0.25) is 4.79 Å². The number of halogens is 1. The number of nitrogens with one attached hydrogen (secondary N) is 1. The normalized spacial score (nSPS) is 11.3. The highest BCUT2D eigenvalue weighted by molar-refractivity contribution is 7.89. The van der Waals surface area contributed by atoms with Crippen LogP contribution in [0.4, 0.5) is 4.39 Å². The van der Waals surface area contributed by atoms with Crippen molar-refractivity contribution >= 4 is 33.1 Å². The van der Waals surface area contributed by atoms with E-state index in [2.05, 4.69) is 4.72 Å². The van der Waals surface area contributed by atoms with Gasteiger partial charge in [-0.25, -0.2) is 22.3 Å². The third-order valence-corrected chi connectivity index (χ3v) is 6.04. The molecular weight excluding hydrogens is 369 g/mol. The van der Waals surface area contributed by atoms with Gasteiger partial charge >= 0.3 is 5.97 Å². The molecule has 0 atom stereocenters. The van der Waals surface area contributed by atoms with Crippen molar-refractivity contribution in [2.45, 2.75) is 18.2 Å². The van der Waals surface area contributed by atoms with Crippen molar-refractivity contribution in [3.8, 4) is 0 Å². The second kappa shape index (κ2) is 7.85. The van der Waals surface area contributed by atoms with E-state index in [0.717, 1.165) is 29.5 Å². The van der Waals surface area contributed by atoms with Gasteiger partial charge in [-0.05, 0) is 43.8 Å². The number of benzene rings is 1. The summed E-state index contributed by atoms with van der Waals surface area (Å²) in [6, 6.07) is 6.20. The number of Topliss-reactive ketones (excluding diaryl/α,β-unsaturated/α-hetero) is 1. The summed E-state index contributed by atoms with van der Waals surface area (Å²) in [6.45, 7) is 1.40. The molecule has 0 bridgehead atoms. The van der Waals surface area contributed by atoms with Crippen molar-refractivity contribution in [3.63, 3.8) is 0 Å². The van der Waals surface area contributed by atoms with E-state index in [0.29, 0.717) is 4.88 Å². The SMILES string of the molecule is CCc1ccc(C(=O)COC(=O)c2cc(S(=O)(=O)NC)ccc2F)s1. The monoisotopic (exact) mass is 385 g/mol. The average Bonchev–Trinajstić information content (AvgIpc) is 3.08. The second-order valence-electron chi connectivity index (χ2n) is 4.97. The zero-order chi connectivity index (χ0) is 18.6. The first-order valence-electron chi connectivity index (χ1n) is 7.30. The van der Waals surface area contributed by atoms with Crippen LogP contribution in [0.25, 0.3) is 0 Å². The van der Waals surface area contributed by atoms with Crippen LogP contribution in [0, 0.1) is 5.82 Å². The Kier molecular flexibility index (Phi) is 6.04. The highest BCUT2D eigenvalue weighted by Crippen LogP contribution is 2.19. The van der Waals surface area contributed by atoms with Gasteiger partial charge in [-0.2, -0.15) is 0 Å². The summed E-state index contributed by atoms with van der Waals surface area (Å²) < 4.78 is 44.2. The van der Waals surface area contributed by atoms with E-state index in [1.165, 1.54) is 18.4 Å². The molecule has 0 amide bonds. The van der Waals surface area contributed by atoms with E-state index in [4.69, 9.17) is 4.74 Å². The molecule has 1 heterocycles. The number of ketones is 1. The fraction of sp³-hybridized carbons (Fsp3) is 0.250. The van der Waals surface area contributed by atoms with Crippen LogP contribution < -0.4 is 4.72 Å². The van der Waals surface area contributed by atoms with E-state index in [1.807, 2.05) is 13.0 Å². The number of esters is 1. The highest BCUT2D eigenvalue weighted by atomic mass is 32.2. The van der Waals surface area contributed by atoms with Crippen LogP contribution in [0.5, 0.6) is 0 Å². The quantitative estimate of drug-likeness (QED) is 0.584. The maximum atomic E-state index is 13.8. The number of hydrogen-bond acceptors (Lipinski definition) is 6. The fourth-order valence-electron chi connectivity index (χ4n) is 1.94. The van der Waals surface area contributed by atoms with Crippen LogP contribution in [-0.4, -0.2) is 33.8 Å². The van der Waals surface area contributed by atoms with E-state index >= 15 is 0 Å². The van der Waals surface area contributed by atoms with E-state index in [9.17, 15) is 22.4 Å². The highest BCUT2D eigenvalue weighted by Gasteiger charge is 2.20. The molecule has 6 nitrogen and oxygen atoms in total. The Hall–Kier alpha value is -2.10. The minimum atomic E-state index is -3.84. The van der Waals surface area contributed by atoms with Gasteiger partial charge in [0.15, 0.2) is 6.61 Å². The smallest absolute Gasteiger partial charge is 0.341 e. The number of hydrogen-bond donors (Lipinski definition) is 1. The lowest BCUT2D eigenvalue weighted by Gasteiger charge is -2.07. The number of thiophene rings is 1. The summed E-state index contributed by atoms with van der Waals surface area (Å²) in [5.74, 6) is -2.44. The van der Waals surface area contributed by atoms with Crippen LogP contribution in [0.3, 0.4) is 0 Å². The number of ether oxygens (including phenoxy) is 1. The third-order valence-electron chi connectivity index (χ3n) is 3.36. The van der Waals surface area contributed by atoms with Gasteiger partial charge in [0.25, 0.3) is 0 Å². The predicted octanol–water partition coefficient (Wildman–Crippen LogP) is 2.40. The number of aryl methyl sites for hydroxylation is 1. The molecular formula is C16H16FNO5S2. The minimum absolute atomic E-state index is 0.277. The molecule has 0 saturated carbocycles. The van der Waals surface area contributed by atoms with Crippen LogP contribution in [-0.2, 0) is 21.2 Å². The third kappa shape index (κ3) is 4.50. The maximum absolute atomic E-state index is 13.8. The van der Waals surface area contributed by atoms with Gasteiger partial charge < -0.3 is 4.74 Å². The summed E-state index contributed by atoms with van der Waals surface area (Å²) in [4.78, 5) is 25.2. The molecule has 0 fully saturated rings. The lowest BCUT2D eigenvalue weighted by atomic mass is 10.2. The predicted molar refractivity (Wildman–Crippen MR) is 91.0 cm³/mol. The number of sulfonamides is 1. The lowest BCUT2D eigenvalue weighted by Crippen LogP contribution is -2.20. The zero-order valence-corrected chi connectivity index (χ0v) is 15.2. The molecule has 9 heteroatoms. The fourth-order valence-corrected chi connectivity index (χ4v) is 3.57. The molecule has 0 aliphatic carbocycles. The van der Waals surface area contributed by atoms with Crippen LogP contribution in [0.15, 0.2) is 35.2 Å². The molecule has 0 aliphatic rings. The van der Waals surface area contributed by atoms with Gasteiger partial charge in [-0.1, -0.05) is 6.92 Å². The Labute approximate surface area is 148 Å². The van der Waals surface area contributed by atoms with Crippen molar-refractivity contribution in [2.24, 2.45) is 0 Å². The van der Waals surface area contributed by atoms with Crippen LogP contribution in [0.2, 0.25) is 0 Å². The summed E-state index contributed by atoms with van der Waals surface area (Å²) >= 11 is 1.30. The molecule has 0 unspecified atom stereocenters. The van der Waals surface area contributed by atoms with Gasteiger partial charge in [0.1, 0.15) is 5.82 Å². The molecule has 0 spiro atoms. The standard InChI is InChI=1S/C16H16FNO5S2/c1-3-10-4-7-15(24-10)14(19)9-23-16(20)12-8-11(5-6-13(12)17)25(21,22)18-2/h4-8,18H,3,9H2,1-2H3. The van der Waals surface area contributed by atoms with Crippen molar-refractivity contribution in [3.05, 3.63) is 51.5 Å². The molecule has 0 radical (unpaired) electrons. The maximum Gasteiger partial charge on any atom is 0.341 e. The molecule has 0 aliphatic heterocycles. The first-order valence-corrected chi connectivity index (χ1v) is 9.60. The topological polar surface area (TPSA) is 89.5 Å². The summed E-state index contributed by atoms with van der Waals surface area (Å²) in [5, 5.41) is 0. The average molecular weight is 385 g/mol. The van der Waals surface area contributed by atoms with Crippen LogP contribution in [0.1, 0.15) is 31.8 Å².